The van der Waals surface area contributed by atoms with Crippen LogP contribution in [0.25, 0.3) is 0 Å². The molecule has 27 heavy (non-hydrogen) atoms. The molecule has 0 saturated heterocycles. The van der Waals surface area contributed by atoms with Crippen molar-refractivity contribution < 1.29 is 0 Å². The summed E-state index contributed by atoms with van der Waals surface area (Å²) in [5, 5.41) is 4.25. The summed E-state index contributed by atoms with van der Waals surface area (Å²) in [7, 11) is 0. The van der Waals surface area contributed by atoms with Gasteiger partial charge in [0.1, 0.15) is 0 Å². The number of nitrogens with zero attached hydrogens (tertiary/aromatic N) is 1. The minimum Gasteiger partial charge on any atom is -0.257 e. The molecule has 0 aromatic carbocycles. The van der Waals surface area contributed by atoms with Gasteiger partial charge in [-0.3, -0.25) is 5.32 Å². The molecule has 1 aliphatic heterocycles. The maximum absolute atomic E-state index is 4.25. The maximum atomic E-state index is 4.25. The third-order valence-electron chi connectivity index (χ3n) is 5.59. The van der Waals surface area contributed by atoms with Crippen LogP contribution in [0.5, 0.6) is 0 Å². The minimum absolute atomic E-state index is 1.09. The van der Waals surface area contributed by atoms with Crippen molar-refractivity contribution in [3.63, 3.8) is 0 Å². The van der Waals surface area contributed by atoms with Gasteiger partial charge in [0.15, 0.2) is 0 Å². The predicted molar refractivity (Wildman–Crippen MR) is 122 cm³/mol. The predicted octanol–water partition coefficient (Wildman–Crippen LogP) is 8.99. The SMILES string of the molecule is CCCCCCCCCCCCCCCCCCCCC=CC1=CC=C[N]1. The summed E-state index contributed by atoms with van der Waals surface area (Å²) in [6.45, 7) is 2.30. The van der Waals surface area contributed by atoms with Crippen LogP contribution in [-0.2, 0) is 0 Å². The van der Waals surface area contributed by atoms with Gasteiger partial charge in [-0.15, -0.1) is 0 Å². The highest BCUT2D eigenvalue weighted by Gasteiger charge is 1.96. The average molecular weight is 373 g/mol. The van der Waals surface area contributed by atoms with Crippen molar-refractivity contribution in [3.05, 3.63) is 36.2 Å². The largest absolute Gasteiger partial charge is 0.257 e. The summed E-state index contributed by atoms with van der Waals surface area (Å²) >= 11 is 0. The van der Waals surface area contributed by atoms with E-state index in [0.717, 1.165) is 5.70 Å². The Kier molecular flexibility index (Phi) is 17.6. The van der Waals surface area contributed by atoms with Crippen molar-refractivity contribution >= 4 is 0 Å². The summed E-state index contributed by atoms with van der Waals surface area (Å²) in [6.07, 6.45) is 37.5. The molecule has 0 saturated carbocycles. The minimum atomic E-state index is 1.09. The Hall–Kier alpha value is -0.980. The molecule has 0 amide bonds. The molecule has 0 aromatic heterocycles. The summed E-state index contributed by atoms with van der Waals surface area (Å²) in [5.74, 6) is 0. The molecule has 155 valence electrons. The molecule has 0 fully saturated rings. The number of allylic oxidation sites excluding steroid dienone is 4. The molecule has 0 N–H and O–H groups in total. The molecule has 0 atom stereocenters. The Balaban J connectivity index is 1.66. The molecule has 1 heterocycles. The average Bonchev–Trinajstić information content (AvgIpc) is 3.20. The van der Waals surface area contributed by atoms with E-state index in [0.29, 0.717) is 0 Å². The highest BCUT2D eigenvalue weighted by molar-refractivity contribution is 5.28. The lowest BCUT2D eigenvalue weighted by Crippen LogP contribution is -1.86. The van der Waals surface area contributed by atoms with Crippen LogP contribution in [0.15, 0.2) is 36.2 Å². The van der Waals surface area contributed by atoms with Crippen LogP contribution in [0.4, 0.5) is 0 Å². The van der Waals surface area contributed by atoms with Crippen LogP contribution in [0.3, 0.4) is 0 Å². The first-order chi connectivity index (χ1) is 13.4. The highest BCUT2D eigenvalue weighted by atomic mass is 14.9. The van der Waals surface area contributed by atoms with E-state index in [1.165, 1.54) is 122 Å². The van der Waals surface area contributed by atoms with Crippen molar-refractivity contribution in [3.8, 4) is 0 Å². The van der Waals surface area contributed by atoms with Crippen molar-refractivity contribution in [2.45, 2.75) is 129 Å². The van der Waals surface area contributed by atoms with E-state index >= 15 is 0 Å². The van der Waals surface area contributed by atoms with Crippen molar-refractivity contribution in [1.82, 2.24) is 5.32 Å². The van der Waals surface area contributed by atoms with Crippen LogP contribution < -0.4 is 5.32 Å². The standard InChI is InChI=1S/C26H46N/c1-2-3-4-5-6-7-8-9-10-11-12-13-14-15-16-17-18-19-20-21-23-26-24-22-25-27-26/h21-25H,2-20H2,1H3. The van der Waals surface area contributed by atoms with Gasteiger partial charge in [0.25, 0.3) is 0 Å². The van der Waals surface area contributed by atoms with Gasteiger partial charge in [-0.25, -0.2) is 0 Å². The van der Waals surface area contributed by atoms with Crippen LogP contribution in [0.2, 0.25) is 0 Å². The zero-order valence-electron chi connectivity index (χ0n) is 18.3. The van der Waals surface area contributed by atoms with Crippen LogP contribution in [-0.4, -0.2) is 0 Å². The van der Waals surface area contributed by atoms with Crippen molar-refractivity contribution in [2.75, 3.05) is 0 Å². The molecule has 1 rings (SSSR count). The summed E-state index contributed by atoms with van der Waals surface area (Å²) < 4.78 is 0. The van der Waals surface area contributed by atoms with E-state index in [1.807, 2.05) is 12.3 Å². The molecule has 1 aliphatic rings. The topological polar surface area (TPSA) is 14.1 Å². The molecular weight excluding hydrogens is 326 g/mol. The van der Waals surface area contributed by atoms with Crippen LogP contribution in [0, 0.1) is 0 Å². The maximum Gasteiger partial charge on any atom is 0.0626 e. The van der Waals surface area contributed by atoms with Gasteiger partial charge < -0.3 is 0 Å². The Morgan fingerprint density at radius 2 is 1.07 bits per heavy atom. The third kappa shape index (κ3) is 16.9. The molecule has 1 heteroatoms. The van der Waals surface area contributed by atoms with E-state index in [9.17, 15) is 0 Å². The monoisotopic (exact) mass is 372 g/mol. The fourth-order valence-corrected chi connectivity index (χ4v) is 3.78. The lowest BCUT2D eigenvalue weighted by molar-refractivity contribution is 0.525. The Morgan fingerprint density at radius 3 is 1.48 bits per heavy atom. The van der Waals surface area contributed by atoms with E-state index in [-0.39, 0.29) is 0 Å². The number of unbranched alkanes of at least 4 members (excludes halogenated alkanes) is 18. The second kappa shape index (κ2) is 19.8. The third-order valence-corrected chi connectivity index (χ3v) is 5.59. The molecule has 0 aromatic rings. The van der Waals surface area contributed by atoms with Gasteiger partial charge in [-0.1, -0.05) is 122 Å². The Labute approximate surface area is 170 Å². The van der Waals surface area contributed by atoms with E-state index in [4.69, 9.17) is 0 Å². The van der Waals surface area contributed by atoms with Gasteiger partial charge in [-0.2, -0.15) is 0 Å². The first-order valence-electron chi connectivity index (χ1n) is 12.2. The van der Waals surface area contributed by atoms with Gasteiger partial charge in [0.2, 0.25) is 0 Å². The molecule has 0 bridgehead atoms. The zero-order chi connectivity index (χ0) is 19.3. The molecular formula is C26H46N. The van der Waals surface area contributed by atoms with Gasteiger partial charge in [-0.05, 0) is 31.1 Å². The normalized spacial score (nSPS) is 13.4. The Morgan fingerprint density at radius 1 is 0.630 bits per heavy atom. The second-order valence-electron chi connectivity index (χ2n) is 8.26. The number of rotatable bonds is 20. The second-order valence-corrected chi connectivity index (χ2v) is 8.26. The van der Waals surface area contributed by atoms with Crippen LogP contribution in [0.1, 0.15) is 129 Å². The lowest BCUT2D eigenvalue weighted by atomic mass is 10.0. The van der Waals surface area contributed by atoms with E-state index < -0.39 is 0 Å². The van der Waals surface area contributed by atoms with Gasteiger partial charge in [0.05, 0.1) is 5.70 Å². The van der Waals surface area contributed by atoms with Crippen molar-refractivity contribution in [1.29, 1.82) is 0 Å². The fourth-order valence-electron chi connectivity index (χ4n) is 3.78. The molecule has 0 spiro atoms. The Bertz CT molecular complexity index is 391. The first kappa shape index (κ1) is 24.1. The highest BCUT2D eigenvalue weighted by Crippen LogP contribution is 2.14. The fraction of sp³-hybridized carbons (Fsp3) is 0.769. The van der Waals surface area contributed by atoms with Gasteiger partial charge in [0, 0.05) is 6.20 Å². The summed E-state index contributed by atoms with van der Waals surface area (Å²) in [4.78, 5) is 0. The molecule has 0 aliphatic carbocycles. The quantitative estimate of drug-likeness (QED) is 0.189. The zero-order valence-corrected chi connectivity index (χ0v) is 18.3. The van der Waals surface area contributed by atoms with Crippen molar-refractivity contribution in [2.24, 2.45) is 0 Å². The summed E-state index contributed by atoms with van der Waals surface area (Å²) in [5.41, 5.74) is 1.09. The number of hydrogen-bond acceptors (Lipinski definition) is 0. The molecule has 0 unspecified atom stereocenters. The first-order valence-corrected chi connectivity index (χ1v) is 12.2. The smallest absolute Gasteiger partial charge is 0.0626 e. The molecule has 1 nitrogen and oxygen atoms in total. The van der Waals surface area contributed by atoms with E-state index in [2.05, 4.69) is 30.5 Å². The molecule has 1 radical (unpaired) electrons. The van der Waals surface area contributed by atoms with Crippen LogP contribution >= 0.6 is 0 Å². The number of hydrogen-bond donors (Lipinski definition) is 0. The summed E-state index contributed by atoms with van der Waals surface area (Å²) in [6, 6.07) is 0. The van der Waals surface area contributed by atoms with Gasteiger partial charge >= 0.3 is 0 Å². The lowest BCUT2D eigenvalue weighted by Gasteiger charge is -2.03. The van der Waals surface area contributed by atoms with E-state index in [1.54, 1.807) is 0 Å².